The number of nitrogens with zero attached hydrogens (tertiary/aromatic N) is 4. The number of aromatic nitrogens is 2. The molecule has 0 spiro atoms. The van der Waals surface area contributed by atoms with Gasteiger partial charge in [-0.25, -0.2) is 22.8 Å². The molecule has 4 rings (SSSR count). The van der Waals surface area contributed by atoms with Gasteiger partial charge in [-0.3, -0.25) is 9.59 Å². The van der Waals surface area contributed by atoms with E-state index in [1.807, 2.05) is 9.80 Å². The largest absolute Gasteiger partial charge is 0.481 e. The fourth-order valence-corrected chi connectivity index (χ4v) is 5.07. The van der Waals surface area contributed by atoms with Crippen molar-refractivity contribution in [2.24, 2.45) is 0 Å². The molecule has 0 bridgehead atoms. The molecule has 1 unspecified atom stereocenters. The Kier molecular flexibility index (Phi) is 7.94. The summed E-state index contributed by atoms with van der Waals surface area (Å²) >= 11 is 0. The van der Waals surface area contributed by atoms with Gasteiger partial charge in [0, 0.05) is 44.1 Å². The number of hydrogen-bond acceptors (Lipinski definition) is 8. The van der Waals surface area contributed by atoms with Gasteiger partial charge in [-0.15, -0.1) is 0 Å². The molecule has 1 aliphatic rings. The Morgan fingerprint density at radius 2 is 1.62 bits per heavy atom. The van der Waals surface area contributed by atoms with Crippen molar-refractivity contribution in [3.63, 3.8) is 0 Å². The molecule has 3 N–H and O–H groups in total. The zero-order valence-corrected chi connectivity index (χ0v) is 20.4. The van der Waals surface area contributed by atoms with Crippen LogP contribution >= 0.6 is 0 Å². The molecule has 1 fully saturated rings. The third-order valence-electron chi connectivity index (χ3n) is 5.70. The van der Waals surface area contributed by atoms with Crippen molar-refractivity contribution in [3.05, 3.63) is 78.4 Å². The number of hydrogen-bond donors (Lipinski definition) is 3. The molecule has 37 heavy (non-hydrogen) atoms. The molecule has 13 heteroatoms. The van der Waals surface area contributed by atoms with E-state index in [1.54, 1.807) is 24.5 Å². The van der Waals surface area contributed by atoms with Gasteiger partial charge in [0.1, 0.15) is 12.0 Å². The number of carbonyl (C=O) groups is 2. The van der Waals surface area contributed by atoms with Gasteiger partial charge in [0.25, 0.3) is 5.91 Å². The summed E-state index contributed by atoms with van der Waals surface area (Å²) in [5.41, 5.74) is 0.240. The monoisotopic (exact) mass is 528 g/mol. The van der Waals surface area contributed by atoms with Crippen LogP contribution in [0.25, 0.3) is 0 Å². The lowest BCUT2D eigenvalue weighted by Gasteiger charge is -2.36. The van der Waals surface area contributed by atoms with Crippen LogP contribution in [0.1, 0.15) is 16.8 Å². The summed E-state index contributed by atoms with van der Waals surface area (Å²) in [5, 5.41) is 11.5. The van der Waals surface area contributed by atoms with Crippen molar-refractivity contribution in [1.29, 1.82) is 0 Å². The lowest BCUT2D eigenvalue weighted by Crippen LogP contribution is -2.49. The fraction of sp³-hybridized carbons (Fsp3) is 0.250. The van der Waals surface area contributed by atoms with Gasteiger partial charge < -0.3 is 20.2 Å². The van der Waals surface area contributed by atoms with E-state index in [2.05, 4.69) is 20.0 Å². The zero-order chi connectivity index (χ0) is 26.4. The van der Waals surface area contributed by atoms with Crippen molar-refractivity contribution in [2.75, 3.05) is 36.0 Å². The van der Waals surface area contributed by atoms with Crippen LogP contribution in [0, 0.1) is 5.82 Å². The van der Waals surface area contributed by atoms with Crippen LogP contribution in [0.2, 0.25) is 0 Å². The Morgan fingerprint density at radius 1 is 0.973 bits per heavy atom. The average Bonchev–Trinajstić information content (AvgIpc) is 2.89. The van der Waals surface area contributed by atoms with Crippen molar-refractivity contribution in [1.82, 2.24) is 20.0 Å². The molecule has 1 aliphatic heterocycles. The standard InChI is InChI=1S/C24H25FN6O5S/c25-19-15-17(7-8-20(19)30-11-13-31(14-12-30)24-26-9-4-10-27-24)23(34)28-21(16-22(32)33)29-37(35,36)18-5-2-1-3-6-18/h1-10,15,21,29H,11-14,16H2,(H,28,34)(H,32,33). The van der Waals surface area contributed by atoms with Crippen molar-refractivity contribution in [2.45, 2.75) is 17.5 Å². The number of carbonyl (C=O) groups excluding carboxylic acids is 1. The Bertz CT molecular complexity index is 1350. The quantitative estimate of drug-likeness (QED) is 0.351. The van der Waals surface area contributed by atoms with Crippen LogP contribution < -0.4 is 19.8 Å². The summed E-state index contributed by atoms with van der Waals surface area (Å²) in [4.78, 5) is 36.2. The molecule has 1 saturated heterocycles. The van der Waals surface area contributed by atoms with Gasteiger partial charge in [-0.05, 0) is 36.4 Å². The topological polar surface area (TPSA) is 145 Å². The van der Waals surface area contributed by atoms with E-state index < -0.39 is 40.3 Å². The summed E-state index contributed by atoms with van der Waals surface area (Å²) in [6.07, 6.45) is 1.15. The first-order valence-corrected chi connectivity index (χ1v) is 12.9. The highest BCUT2D eigenvalue weighted by atomic mass is 32.2. The minimum atomic E-state index is -4.11. The number of halogens is 1. The van der Waals surface area contributed by atoms with E-state index in [1.165, 1.54) is 36.4 Å². The smallest absolute Gasteiger partial charge is 0.306 e. The van der Waals surface area contributed by atoms with E-state index in [-0.39, 0.29) is 10.5 Å². The molecule has 2 aromatic carbocycles. The van der Waals surface area contributed by atoms with Crippen LogP contribution in [0.15, 0.2) is 71.9 Å². The molecular weight excluding hydrogens is 503 g/mol. The molecule has 1 aromatic heterocycles. The van der Waals surface area contributed by atoms with E-state index in [9.17, 15) is 27.5 Å². The maximum atomic E-state index is 15.0. The summed E-state index contributed by atoms with van der Waals surface area (Å²) in [5.74, 6) is -2.17. The second-order valence-electron chi connectivity index (χ2n) is 8.25. The molecule has 0 saturated carbocycles. The van der Waals surface area contributed by atoms with Crippen molar-refractivity contribution < 1.29 is 27.5 Å². The van der Waals surface area contributed by atoms with Gasteiger partial charge >= 0.3 is 5.97 Å². The number of carboxylic acids is 1. The third-order valence-corrected chi connectivity index (χ3v) is 7.19. The molecule has 1 atom stereocenters. The number of aliphatic carboxylic acids is 1. The predicted molar refractivity (Wildman–Crippen MR) is 133 cm³/mol. The maximum absolute atomic E-state index is 15.0. The Hall–Kier alpha value is -4.10. The number of nitrogens with one attached hydrogen (secondary N) is 2. The maximum Gasteiger partial charge on any atom is 0.306 e. The third kappa shape index (κ3) is 6.57. The molecule has 11 nitrogen and oxygen atoms in total. The highest BCUT2D eigenvalue weighted by Gasteiger charge is 2.25. The first-order chi connectivity index (χ1) is 17.7. The van der Waals surface area contributed by atoms with Crippen molar-refractivity contribution >= 4 is 33.5 Å². The number of anilines is 2. The molecule has 0 radical (unpaired) electrons. The highest BCUT2D eigenvalue weighted by molar-refractivity contribution is 7.89. The summed E-state index contributed by atoms with van der Waals surface area (Å²) in [7, 11) is -4.11. The number of rotatable bonds is 9. The van der Waals surface area contributed by atoms with Gasteiger partial charge in [-0.1, -0.05) is 18.2 Å². The van der Waals surface area contributed by atoms with E-state index in [4.69, 9.17) is 0 Å². The van der Waals surface area contributed by atoms with Gasteiger partial charge in [0.2, 0.25) is 16.0 Å². The van der Waals surface area contributed by atoms with Crippen molar-refractivity contribution in [3.8, 4) is 0 Å². The Labute approximate surface area is 213 Å². The second-order valence-corrected chi connectivity index (χ2v) is 9.96. The predicted octanol–water partition coefficient (Wildman–Crippen LogP) is 1.45. The number of amides is 1. The first kappa shape index (κ1) is 26.0. The molecular formula is C24H25FN6O5S. The van der Waals surface area contributed by atoms with E-state index in [0.717, 1.165) is 6.07 Å². The van der Waals surface area contributed by atoms with Gasteiger partial charge in [-0.2, -0.15) is 4.72 Å². The average molecular weight is 529 g/mol. The van der Waals surface area contributed by atoms with Gasteiger partial charge in [0.05, 0.1) is 17.0 Å². The fourth-order valence-electron chi connectivity index (χ4n) is 3.90. The Morgan fingerprint density at radius 3 is 2.24 bits per heavy atom. The van der Waals surface area contributed by atoms with E-state index in [0.29, 0.717) is 37.8 Å². The minimum absolute atomic E-state index is 0.0770. The normalized spacial score (nSPS) is 14.7. The summed E-state index contributed by atoms with van der Waals surface area (Å²) < 4.78 is 42.4. The summed E-state index contributed by atoms with van der Waals surface area (Å²) in [6, 6.07) is 13.0. The van der Waals surface area contributed by atoms with Gasteiger partial charge in [0.15, 0.2) is 0 Å². The van der Waals surface area contributed by atoms with Crippen LogP contribution in [0.3, 0.4) is 0 Å². The molecule has 3 aromatic rings. The van der Waals surface area contributed by atoms with E-state index >= 15 is 0 Å². The first-order valence-electron chi connectivity index (χ1n) is 11.4. The number of sulfonamides is 1. The Balaban J connectivity index is 1.42. The molecule has 194 valence electrons. The van der Waals surface area contributed by atoms with Crippen LogP contribution in [-0.2, 0) is 14.8 Å². The molecule has 0 aliphatic carbocycles. The minimum Gasteiger partial charge on any atom is -0.481 e. The van der Waals surface area contributed by atoms with Crippen LogP contribution in [0.4, 0.5) is 16.0 Å². The highest BCUT2D eigenvalue weighted by Crippen LogP contribution is 2.23. The molecule has 1 amide bonds. The lowest BCUT2D eigenvalue weighted by atomic mass is 10.1. The second kappa shape index (κ2) is 11.3. The van der Waals surface area contributed by atoms with Crippen LogP contribution in [0.5, 0.6) is 0 Å². The summed E-state index contributed by atoms with van der Waals surface area (Å²) in [6.45, 7) is 2.21. The SMILES string of the molecule is O=C(O)CC(NC(=O)c1ccc(N2CCN(c3ncccn3)CC2)c(F)c1)NS(=O)(=O)c1ccccc1. The number of piperazine rings is 1. The van der Waals surface area contributed by atoms with Crippen LogP contribution in [-0.4, -0.2) is 67.7 Å². The zero-order valence-electron chi connectivity index (χ0n) is 19.6. The molecule has 2 heterocycles. The number of benzene rings is 2. The number of carboxylic acid groups (broad SMARTS) is 1. The lowest BCUT2D eigenvalue weighted by molar-refractivity contribution is -0.137.